The smallest absolute Gasteiger partial charge is 0.246 e. The molecule has 2 fully saturated rings. The van der Waals surface area contributed by atoms with E-state index in [2.05, 4.69) is 17.0 Å². The van der Waals surface area contributed by atoms with Crippen LogP contribution in [0, 0.1) is 5.92 Å². The molecule has 0 saturated carbocycles. The van der Waals surface area contributed by atoms with E-state index in [1.165, 1.54) is 5.56 Å². The SMILES string of the molecule is O=C(/C=C/c1ccccc1)N1CCC(C(=O)N2CCN(Cc3ccc(Cl)cc3)CC2)CC1. The van der Waals surface area contributed by atoms with E-state index in [9.17, 15) is 9.59 Å². The van der Waals surface area contributed by atoms with E-state index in [0.29, 0.717) is 13.1 Å². The van der Waals surface area contributed by atoms with Crippen LogP contribution in [0.15, 0.2) is 60.7 Å². The van der Waals surface area contributed by atoms with Crippen LogP contribution < -0.4 is 0 Å². The number of halogens is 1. The quantitative estimate of drug-likeness (QED) is 0.647. The number of piperidine rings is 1. The van der Waals surface area contributed by atoms with Crippen LogP contribution in [0.2, 0.25) is 5.02 Å². The number of benzene rings is 2. The number of hydrogen-bond donors (Lipinski definition) is 0. The second-order valence-corrected chi connectivity index (χ2v) is 9.01. The van der Waals surface area contributed by atoms with Crippen molar-refractivity contribution in [2.24, 2.45) is 5.92 Å². The molecule has 2 aliphatic rings. The van der Waals surface area contributed by atoms with Crippen LogP contribution in [0.3, 0.4) is 0 Å². The van der Waals surface area contributed by atoms with Crippen molar-refractivity contribution in [3.8, 4) is 0 Å². The molecule has 2 aromatic rings. The third kappa shape index (κ3) is 5.99. The van der Waals surface area contributed by atoms with Gasteiger partial charge >= 0.3 is 0 Å². The number of amides is 2. The lowest BCUT2D eigenvalue weighted by molar-refractivity contribution is -0.141. The summed E-state index contributed by atoms with van der Waals surface area (Å²) in [4.78, 5) is 31.7. The first-order valence-electron chi connectivity index (χ1n) is 11.4. The van der Waals surface area contributed by atoms with Gasteiger partial charge in [-0.05, 0) is 42.2 Å². The average molecular weight is 452 g/mol. The van der Waals surface area contributed by atoms with Crippen LogP contribution in [0.25, 0.3) is 6.08 Å². The summed E-state index contributed by atoms with van der Waals surface area (Å²) in [6.07, 6.45) is 4.98. The Labute approximate surface area is 195 Å². The molecule has 2 saturated heterocycles. The van der Waals surface area contributed by atoms with Crippen LogP contribution in [0.5, 0.6) is 0 Å². The molecule has 168 valence electrons. The molecule has 0 atom stereocenters. The highest BCUT2D eigenvalue weighted by Gasteiger charge is 2.31. The van der Waals surface area contributed by atoms with Gasteiger partial charge < -0.3 is 9.80 Å². The molecular weight excluding hydrogens is 422 g/mol. The third-order valence-electron chi connectivity index (χ3n) is 6.38. The Morgan fingerprint density at radius 2 is 1.50 bits per heavy atom. The summed E-state index contributed by atoms with van der Waals surface area (Å²) in [6.45, 7) is 5.48. The van der Waals surface area contributed by atoms with Gasteiger partial charge in [0, 0.05) is 62.8 Å². The van der Waals surface area contributed by atoms with Crippen LogP contribution in [0.1, 0.15) is 24.0 Å². The fourth-order valence-electron chi connectivity index (χ4n) is 4.42. The van der Waals surface area contributed by atoms with E-state index in [-0.39, 0.29) is 17.7 Å². The van der Waals surface area contributed by atoms with E-state index in [4.69, 9.17) is 11.6 Å². The van der Waals surface area contributed by atoms with Gasteiger partial charge in [0.25, 0.3) is 0 Å². The summed E-state index contributed by atoms with van der Waals surface area (Å²) >= 11 is 5.97. The molecule has 2 aromatic carbocycles. The van der Waals surface area contributed by atoms with Gasteiger partial charge in [-0.25, -0.2) is 0 Å². The summed E-state index contributed by atoms with van der Waals surface area (Å²) < 4.78 is 0. The zero-order chi connectivity index (χ0) is 22.3. The Hall–Kier alpha value is -2.63. The topological polar surface area (TPSA) is 43.9 Å². The standard InChI is InChI=1S/C26H30ClN3O2/c27-24-9-6-22(7-10-24)20-28-16-18-30(19-17-28)26(32)23-12-14-29(15-13-23)25(31)11-8-21-4-2-1-3-5-21/h1-11,23H,12-20H2/b11-8+. The number of likely N-dealkylation sites (tertiary alicyclic amines) is 1. The summed E-state index contributed by atoms with van der Waals surface area (Å²) in [5.41, 5.74) is 2.26. The Morgan fingerprint density at radius 1 is 0.844 bits per heavy atom. The van der Waals surface area contributed by atoms with E-state index >= 15 is 0 Å². The molecule has 0 aromatic heterocycles. The van der Waals surface area contributed by atoms with Crippen molar-refractivity contribution in [1.82, 2.24) is 14.7 Å². The number of carbonyl (C=O) groups excluding carboxylic acids is 2. The zero-order valence-corrected chi connectivity index (χ0v) is 19.1. The van der Waals surface area contributed by atoms with Gasteiger partial charge in [-0.2, -0.15) is 0 Å². The second kappa shape index (κ2) is 10.8. The normalized spacial score (nSPS) is 18.3. The minimum absolute atomic E-state index is 0.0237. The highest BCUT2D eigenvalue weighted by atomic mass is 35.5. The molecule has 2 heterocycles. The van der Waals surface area contributed by atoms with E-state index in [0.717, 1.165) is 56.2 Å². The van der Waals surface area contributed by atoms with Crippen molar-refractivity contribution in [2.45, 2.75) is 19.4 Å². The molecule has 5 nitrogen and oxygen atoms in total. The lowest BCUT2D eigenvalue weighted by Crippen LogP contribution is -2.51. The van der Waals surface area contributed by atoms with Crippen LogP contribution in [0.4, 0.5) is 0 Å². The number of hydrogen-bond acceptors (Lipinski definition) is 3. The Morgan fingerprint density at radius 3 is 2.16 bits per heavy atom. The molecule has 0 spiro atoms. The predicted octanol–water partition coefficient (Wildman–Crippen LogP) is 3.94. The fraction of sp³-hybridized carbons (Fsp3) is 0.385. The van der Waals surface area contributed by atoms with Gasteiger partial charge in [-0.3, -0.25) is 14.5 Å². The number of carbonyl (C=O) groups is 2. The lowest BCUT2D eigenvalue weighted by atomic mass is 9.95. The molecule has 0 radical (unpaired) electrons. The number of nitrogens with zero attached hydrogens (tertiary/aromatic N) is 3. The Bertz CT molecular complexity index is 929. The maximum Gasteiger partial charge on any atom is 0.246 e. The van der Waals surface area contributed by atoms with Crippen molar-refractivity contribution in [3.63, 3.8) is 0 Å². The maximum atomic E-state index is 13.0. The monoisotopic (exact) mass is 451 g/mol. The zero-order valence-electron chi connectivity index (χ0n) is 18.3. The molecule has 2 aliphatic heterocycles. The first-order chi connectivity index (χ1) is 15.6. The first kappa shape index (κ1) is 22.6. The van der Waals surface area contributed by atoms with E-state index in [1.54, 1.807) is 6.08 Å². The van der Waals surface area contributed by atoms with Crippen LogP contribution >= 0.6 is 11.6 Å². The lowest BCUT2D eigenvalue weighted by Gasteiger charge is -2.38. The van der Waals surface area contributed by atoms with E-state index < -0.39 is 0 Å². The molecule has 32 heavy (non-hydrogen) atoms. The van der Waals surface area contributed by atoms with Crippen molar-refractivity contribution in [3.05, 3.63) is 76.8 Å². The summed E-state index contributed by atoms with van der Waals surface area (Å²) in [7, 11) is 0. The minimum atomic E-state index is 0.0237. The van der Waals surface area contributed by atoms with Gasteiger partial charge in [0.15, 0.2) is 0 Å². The van der Waals surface area contributed by atoms with Crippen LogP contribution in [-0.2, 0) is 16.1 Å². The van der Waals surface area contributed by atoms with Gasteiger partial charge in [0.05, 0.1) is 0 Å². The number of piperazine rings is 1. The molecule has 6 heteroatoms. The molecule has 2 amide bonds. The highest BCUT2D eigenvalue weighted by molar-refractivity contribution is 6.30. The second-order valence-electron chi connectivity index (χ2n) is 8.57. The minimum Gasteiger partial charge on any atom is -0.340 e. The average Bonchev–Trinajstić information content (AvgIpc) is 2.85. The fourth-order valence-corrected chi connectivity index (χ4v) is 4.54. The predicted molar refractivity (Wildman–Crippen MR) is 128 cm³/mol. The molecule has 4 rings (SSSR count). The largest absolute Gasteiger partial charge is 0.340 e. The molecule has 0 bridgehead atoms. The maximum absolute atomic E-state index is 13.0. The van der Waals surface area contributed by atoms with Crippen molar-refractivity contribution in [1.29, 1.82) is 0 Å². The number of rotatable bonds is 5. The summed E-state index contributed by atoms with van der Waals surface area (Å²) in [6, 6.07) is 17.8. The van der Waals surface area contributed by atoms with Crippen molar-refractivity contribution < 1.29 is 9.59 Å². The summed E-state index contributed by atoms with van der Waals surface area (Å²) in [5.74, 6) is 0.304. The van der Waals surface area contributed by atoms with Crippen LogP contribution in [-0.4, -0.2) is 65.8 Å². The van der Waals surface area contributed by atoms with Crippen molar-refractivity contribution in [2.75, 3.05) is 39.3 Å². The van der Waals surface area contributed by atoms with Crippen molar-refractivity contribution >= 4 is 29.5 Å². The first-order valence-corrected chi connectivity index (χ1v) is 11.7. The molecular formula is C26H30ClN3O2. The molecule has 0 N–H and O–H groups in total. The van der Waals surface area contributed by atoms with Gasteiger partial charge in [-0.15, -0.1) is 0 Å². The molecule has 0 aliphatic carbocycles. The van der Waals surface area contributed by atoms with Gasteiger partial charge in [-0.1, -0.05) is 54.1 Å². The van der Waals surface area contributed by atoms with Gasteiger partial charge in [0.2, 0.25) is 11.8 Å². The Balaban J connectivity index is 1.20. The van der Waals surface area contributed by atoms with E-state index in [1.807, 2.05) is 58.3 Å². The third-order valence-corrected chi connectivity index (χ3v) is 6.63. The molecule has 0 unspecified atom stereocenters. The Kier molecular flexibility index (Phi) is 7.61. The highest BCUT2D eigenvalue weighted by Crippen LogP contribution is 2.21. The summed E-state index contributed by atoms with van der Waals surface area (Å²) in [5, 5.41) is 0.754. The van der Waals surface area contributed by atoms with Gasteiger partial charge in [0.1, 0.15) is 0 Å².